The molecule has 0 aliphatic heterocycles. The predicted molar refractivity (Wildman–Crippen MR) is 66.1 cm³/mol. The fraction of sp³-hybridized carbons (Fsp3) is 0.167. The number of nitrogens with two attached hydrogens (primary N) is 1. The minimum absolute atomic E-state index is 0.356. The van der Waals surface area contributed by atoms with Gasteiger partial charge >= 0.3 is 6.09 Å². The molecule has 17 heavy (non-hydrogen) atoms. The zero-order valence-corrected chi connectivity index (χ0v) is 9.18. The van der Waals surface area contributed by atoms with Crippen LogP contribution in [0.15, 0.2) is 30.5 Å². The summed E-state index contributed by atoms with van der Waals surface area (Å²) in [4.78, 5) is 14.6. The molecule has 0 aliphatic carbocycles. The lowest BCUT2D eigenvalue weighted by atomic mass is 10.1. The first-order chi connectivity index (χ1) is 8.20. The van der Waals surface area contributed by atoms with Crippen LogP contribution < -0.4 is 11.1 Å². The summed E-state index contributed by atoms with van der Waals surface area (Å²) in [7, 11) is 0. The molecule has 1 heterocycles. The second-order valence-electron chi connectivity index (χ2n) is 3.68. The van der Waals surface area contributed by atoms with Crippen molar-refractivity contribution in [2.45, 2.75) is 6.42 Å². The Morgan fingerprint density at radius 1 is 1.41 bits per heavy atom. The summed E-state index contributed by atoms with van der Waals surface area (Å²) < 4.78 is 0. The Morgan fingerprint density at radius 2 is 2.24 bits per heavy atom. The van der Waals surface area contributed by atoms with Crippen molar-refractivity contribution in [3.8, 4) is 0 Å². The van der Waals surface area contributed by atoms with Gasteiger partial charge in [0.2, 0.25) is 0 Å². The van der Waals surface area contributed by atoms with E-state index in [9.17, 15) is 4.79 Å². The summed E-state index contributed by atoms with van der Waals surface area (Å²) in [5.74, 6) is 0.356. The van der Waals surface area contributed by atoms with Gasteiger partial charge in [0.05, 0.1) is 0 Å². The second-order valence-corrected chi connectivity index (χ2v) is 3.68. The molecule has 88 valence electrons. The van der Waals surface area contributed by atoms with E-state index in [1.807, 2.05) is 24.3 Å². The number of pyridine rings is 1. The predicted octanol–water partition coefficient (Wildman–Crippen LogP) is 1.83. The van der Waals surface area contributed by atoms with Gasteiger partial charge < -0.3 is 10.8 Å². The van der Waals surface area contributed by atoms with E-state index >= 15 is 0 Å². The van der Waals surface area contributed by atoms with E-state index in [2.05, 4.69) is 10.3 Å². The Balaban J connectivity index is 2.47. The minimum Gasteiger partial charge on any atom is -0.465 e. The molecule has 5 heteroatoms. The topological polar surface area (TPSA) is 88.2 Å². The van der Waals surface area contributed by atoms with Crippen LogP contribution in [-0.2, 0) is 6.42 Å². The lowest BCUT2D eigenvalue weighted by molar-refractivity contribution is 0.209. The number of carboxylic acid groups (broad SMARTS) is 1. The second kappa shape index (κ2) is 4.80. The van der Waals surface area contributed by atoms with Gasteiger partial charge in [0.25, 0.3) is 0 Å². The molecule has 0 fully saturated rings. The monoisotopic (exact) mass is 231 g/mol. The Labute approximate surface area is 98.3 Å². The highest BCUT2D eigenvalue weighted by atomic mass is 16.4. The molecule has 0 radical (unpaired) electrons. The fourth-order valence-electron chi connectivity index (χ4n) is 1.75. The lowest BCUT2D eigenvalue weighted by Gasteiger charge is -2.06. The van der Waals surface area contributed by atoms with E-state index in [-0.39, 0.29) is 0 Å². The van der Waals surface area contributed by atoms with Crippen LogP contribution in [0.5, 0.6) is 0 Å². The molecule has 1 aromatic carbocycles. The van der Waals surface area contributed by atoms with Crippen LogP contribution >= 0.6 is 0 Å². The van der Waals surface area contributed by atoms with Crippen LogP contribution in [0.4, 0.5) is 10.6 Å². The summed E-state index contributed by atoms with van der Waals surface area (Å²) in [6, 6.07) is 7.64. The highest BCUT2D eigenvalue weighted by molar-refractivity contribution is 5.97. The number of amides is 1. The van der Waals surface area contributed by atoms with Crippen molar-refractivity contribution in [2.24, 2.45) is 5.73 Å². The van der Waals surface area contributed by atoms with E-state index in [4.69, 9.17) is 10.8 Å². The molecule has 2 aromatic rings. The number of hydrogen-bond acceptors (Lipinski definition) is 3. The number of fused-ring (bicyclic) bond motifs is 1. The molecular formula is C12H13N3O2. The average molecular weight is 231 g/mol. The standard InChI is InChI=1S/C12H13N3O2/c13-5-3-8-1-2-10-9(7-8)4-6-14-11(10)15-12(16)17/h1-2,4,6-7H,3,5,13H2,(H,14,15)(H,16,17). The molecule has 1 aromatic heterocycles. The maximum Gasteiger partial charge on any atom is 0.410 e. The maximum atomic E-state index is 10.6. The average Bonchev–Trinajstić information content (AvgIpc) is 2.29. The summed E-state index contributed by atoms with van der Waals surface area (Å²) in [6.07, 6.45) is 1.27. The normalized spacial score (nSPS) is 10.4. The van der Waals surface area contributed by atoms with Gasteiger partial charge in [0.1, 0.15) is 5.82 Å². The molecule has 1 amide bonds. The highest BCUT2D eigenvalue weighted by Crippen LogP contribution is 2.22. The Morgan fingerprint density at radius 3 is 2.94 bits per heavy atom. The smallest absolute Gasteiger partial charge is 0.410 e. The van der Waals surface area contributed by atoms with E-state index in [1.165, 1.54) is 0 Å². The molecule has 0 atom stereocenters. The lowest BCUT2D eigenvalue weighted by Crippen LogP contribution is -2.09. The molecule has 0 saturated heterocycles. The van der Waals surface area contributed by atoms with Crippen molar-refractivity contribution < 1.29 is 9.90 Å². The van der Waals surface area contributed by atoms with Crippen LogP contribution in [0, 0.1) is 0 Å². The van der Waals surface area contributed by atoms with Crippen molar-refractivity contribution in [3.63, 3.8) is 0 Å². The Hall–Kier alpha value is -2.14. The quantitative estimate of drug-likeness (QED) is 0.751. The molecule has 0 bridgehead atoms. The number of rotatable bonds is 3. The third-order valence-electron chi connectivity index (χ3n) is 2.49. The number of aromatic nitrogens is 1. The molecular weight excluding hydrogens is 218 g/mol. The Bertz CT molecular complexity index is 554. The van der Waals surface area contributed by atoms with E-state index in [0.717, 1.165) is 22.8 Å². The molecule has 2 rings (SSSR count). The first kappa shape index (κ1) is 11.3. The highest BCUT2D eigenvalue weighted by Gasteiger charge is 2.05. The molecule has 0 aliphatic rings. The van der Waals surface area contributed by atoms with E-state index in [0.29, 0.717) is 12.4 Å². The Kier molecular flexibility index (Phi) is 3.20. The largest absolute Gasteiger partial charge is 0.465 e. The van der Waals surface area contributed by atoms with Crippen LogP contribution in [0.2, 0.25) is 0 Å². The summed E-state index contributed by atoms with van der Waals surface area (Å²) in [5, 5.41) is 12.7. The summed E-state index contributed by atoms with van der Waals surface area (Å²) in [6.45, 7) is 0.594. The van der Waals surface area contributed by atoms with Gasteiger partial charge in [-0.3, -0.25) is 5.32 Å². The number of carbonyl (C=O) groups is 1. The van der Waals surface area contributed by atoms with Gasteiger partial charge in [-0.05, 0) is 30.0 Å². The van der Waals surface area contributed by atoms with Crippen LogP contribution in [-0.4, -0.2) is 22.7 Å². The fourth-order valence-corrected chi connectivity index (χ4v) is 1.75. The number of anilines is 1. The SMILES string of the molecule is NCCc1ccc2c(NC(=O)O)nccc2c1. The van der Waals surface area contributed by atoms with Crippen molar-refractivity contribution in [1.29, 1.82) is 0 Å². The minimum atomic E-state index is -1.11. The summed E-state index contributed by atoms with van der Waals surface area (Å²) >= 11 is 0. The van der Waals surface area contributed by atoms with Crippen LogP contribution in [0.1, 0.15) is 5.56 Å². The molecule has 0 unspecified atom stereocenters. The van der Waals surface area contributed by atoms with Gasteiger partial charge in [0.15, 0.2) is 0 Å². The summed E-state index contributed by atoms with van der Waals surface area (Å²) in [5.41, 5.74) is 6.63. The number of benzene rings is 1. The maximum absolute atomic E-state index is 10.6. The molecule has 4 N–H and O–H groups in total. The van der Waals surface area contributed by atoms with Crippen LogP contribution in [0.3, 0.4) is 0 Å². The molecule has 5 nitrogen and oxygen atoms in total. The molecule has 0 spiro atoms. The third kappa shape index (κ3) is 2.51. The van der Waals surface area contributed by atoms with E-state index in [1.54, 1.807) is 6.20 Å². The van der Waals surface area contributed by atoms with Crippen molar-refractivity contribution >= 4 is 22.7 Å². The zero-order valence-electron chi connectivity index (χ0n) is 9.18. The van der Waals surface area contributed by atoms with Crippen molar-refractivity contribution in [3.05, 3.63) is 36.0 Å². The van der Waals surface area contributed by atoms with Crippen LogP contribution in [0.25, 0.3) is 10.8 Å². The number of nitrogens with zero attached hydrogens (tertiary/aromatic N) is 1. The van der Waals surface area contributed by atoms with Crippen molar-refractivity contribution in [1.82, 2.24) is 4.98 Å². The number of nitrogens with one attached hydrogen (secondary N) is 1. The van der Waals surface area contributed by atoms with E-state index < -0.39 is 6.09 Å². The number of hydrogen-bond donors (Lipinski definition) is 3. The first-order valence-corrected chi connectivity index (χ1v) is 5.28. The van der Waals surface area contributed by atoms with Gasteiger partial charge in [-0.2, -0.15) is 0 Å². The van der Waals surface area contributed by atoms with Gasteiger partial charge in [-0.1, -0.05) is 18.2 Å². The van der Waals surface area contributed by atoms with Gasteiger partial charge in [-0.25, -0.2) is 9.78 Å². The molecule has 0 saturated carbocycles. The first-order valence-electron chi connectivity index (χ1n) is 5.28. The third-order valence-corrected chi connectivity index (χ3v) is 2.49. The van der Waals surface area contributed by atoms with Gasteiger partial charge in [-0.15, -0.1) is 0 Å². The van der Waals surface area contributed by atoms with Gasteiger partial charge in [0, 0.05) is 11.6 Å². The van der Waals surface area contributed by atoms with Crippen molar-refractivity contribution in [2.75, 3.05) is 11.9 Å². The zero-order chi connectivity index (χ0) is 12.3.